The molecule has 0 aliphatic heterocycles. The van der Waals surface area contributed by atoms with Gasteiger partial charge in [-0.2, -0.15) is 0 Å². The van der Waals surface area contributed by atoms with Crippen molar-refractivity contribution >= 4 is 35.6 Å². The quantitative estimate of drug-likeness (QED) is 0.135. The van der Waals surface area contributed by atoms with Crippen molar-refractivity contribution in [2.75, 3.05) is 0 Å². The summed E-state index contributed by atoms with van der Waals surface area (Å²) in [5.74, 6) is -6.19. The van der Waals surface area contributed by atoms with Crippen molar-refractivity contribution in [1.29, 1.82) is 0 Å². The summed E-state index contributed by atoms with van der Waals surface area (Å²) in [7, 11) is 0. The lowest BCUT2D eigenvalue weighted by Gasteiger charge is -2.25. The van der Waals surface area contributed by atoms with E-state index < -0.39 is 66.2 Å². The first-order valence-corrected chi connectivity index (χ1v) is 12.9. The molecule has 0 spiro atoms. The van der Waals surface area contributed by atoms with E-state index in [1.54, 1.807) is 60.7 Å². The molecule has 0 aliphatic rings. The number of carbonyl (C=O) groups excluding carboxylic acids is 3. The second-order valence-electron chi connectivity index (χ2n) is 9.37. The van der Waals surface area contributed by atoms with Gasteiger partial charge in [-0.3, -0.25) is 24.0 Å². The number of amides is 3. The zero-order valence-corrected chi connectivity index (χ0v) is 22.2. The van der Waals surface area contributed by atoms with Crippen molar-refractivity contribution in [2.45, 2.75) is 62.7 Å². The van der Waals surface area contributed by atoms with Gasteiger partial charge >= 0.3 is 17.9 Å². The van der Waals surface area contributed by atoms with Gasteiger partial charge in [0.15, 0.2) is 0 Å². The second kappa shape index (κ2) is 16.4. The lowest BCUT2D eigenvalue weighted by molar-refractivity contribution is -0.143. The zero-order chi connectivity index (χ0) is 30.4. The number of rotatable bonds is 17. The van der Waals surface area contributed by atoms with Gasteiger partial charge in [0, 0.05) is 25.7 Å². The topological polar surface area (TPSA) is 225 Å². The highest BCUT2D eigenvalue weighted by molar-refractivity contribution is 5.94. The van der Waals surface area contributed by atoms with E-state index in [4.69, 9.17) is 15.9 Å². The van der Waals surface area contributed by atoms with E-state index in [2.05, 4.69) is 16.0 Å². The van der Waals surface area contributed by atoms with Gasteiger partial charge < -0.3 is 37.0 Å². The summed E-state index contributed by atoms with van der Waals surface area (Å²) in [6, 6.07) is 12.1. The van der Waals surface area contributed by atoms with Gasteiger partial charge in [-0.05, 0) is 24.0 Å². The first-order valence-electron chi connectivity index (χ1n) is 12.9. The molecule has 41 heavy (non-hydrogen) atoms. The Balaban J connectivity index is 2.28. The normalized spacial score (nSPS) is 13.6. The van der Waals surface area contributed by atoms with Crippen molar-refractivity contribution in [3.05, 3.63) is 71.8 Å². The summed E-state index contributed by atoms with van der Waals surface area (Å²) in [6.45, 7) is 0. The van der Waals surface area contributed by atoms with Gasteiger partial charge in [0.1, 0.15) is 18.1 Å². The average Bonchev–Trinajstić information content (AvgIpc) is 2.93. The molecule has 0 aliphatic carbocycles. The van der Waals surface area contributed by atoms with Crippen LogP contribution in [0.2, 0.25) is 0 Å². The molecule has 0 aromatic heterocycles. The van der Waals surface area contributed by atoms with E-state index >= 15 is 0 Å². The van der Waals surface area contributed by atoms with E-state index in [1.165, 1.54) is 0 Å². The Labute approximate surface area is 236 Å². The van der Waals surface area contributed by atoms with E-state index in [0.717, 1.165) is 0 Å². The van der Waals surface area contributed by atoms with Crippen molar-refractivity contribution in [3.8, 4) is 0 Å². The minimum absolute atomic E-state index is 0.0140. The van der Waals surface area contributed by atoms with Crippen LogP contribution >= 0.6 is 0 Å². The molecule has 0 saturated heterocycles. The molecule has 220 valence electrons. The van der Waals surface area contributed by atoms with Gasteiger partial charge in [-0.25, -0.2) is 4.79 Å². The fourth-order valence-corrected chi connectivity index (χ4v) is 3.88. The number of benzene rings is 2. The molecule has 8 N–H and O–H groups in total. The van der Waals surface area contributed by atoms with Crippen molar-refractivity contribution in [1.82, 2.24) is 16.0 Å². The molecule has 2 rings (SSSR count). The zero-order valence-electron chi connectivity index (χ0n) is 22.2. The highest BCUT2D eigenvalue weighted by Gasteiger charge is 2.31. The van der Waals surface area contributed by atoms with Crippen LogP contribution in [0.5, 0.6) is 0 Å². The lowest BCUT2D eigenvalue weighted by atomic mass is 10.0. The number of carbonyl (C=O) groups is 6. The van der Waals surface area contributed by atoms with Crippen molar-refractivity contribution < 1.29 is 44.1 Å². The number of nitrogens with two attached hydrogens (primary N) is 1. The van der Waals surface area contributed by atoms with E-state index in [0.29, 0.717) is 11.1 Å². The van der Waals surface area contributed by atoms with Crippen LogP contribution in [-0.2, 0) is 41.6 Å². The molecule has 2 aromatic rings. The number of carboxylic acids is 3. The predicted octanol–water partition coefficient (Wildman–Crippen LogP) is 0.0677. The van der Waals surface area contributed by atoms with Gasteiger partial charge in [0.2, 0.25) is 17.7 Å². The molecular formula is C28H34N4O9. The number of nitrogens with one attached hydrogen (secondary N) is 3. The van der Waals surface area contributed by atoms with Crippen LogP contribution in [0.15, 0.2) is 60.7 Å². The summed E-state index contributed by atoms with van der Waals surface area (Å²) < 4.78 is 0. The second-order valence-corrected chi connectivity index (χ2v) is 9.37. The minimum Gasteiger partial charge on any atom is -0.481 e. The Kier molecular flexibility index (Phi) is 12.9. The summed E-state index contributed by atoms with van der Waals surface area (Å²) in [5.41, 5.74) is 7.14. The Hall–Kier alpha value is -4.78. The first kappa shape index (κ1) is 32.4. The van der Waals surface area contributed by atoms with E-state index in [1.807, 2.05) is 0 Å². The van der Waals surface area contributed by atoms with Crippen LogP contribution in [0, 0.1) is 0 Å². The van der Waals surface area contributed by atoms with Crippen molar-refractivity contribution in [2.24, 2.45) is 5.73 Å². The molecule has 0 radical (unpaired) electrons. The largest absolute Gasteiger partial charge is 0.481 e. The fraction of sp³-hybridized carbons (Fsp3) is 0.357. The smallest absolute Gasteiger partial charge is 0.326 e. The molecule has 0 heterocycles. The minimum atomic E-state index is -1.51. The van der Waals surface area contributed by atoms with Gasteiger partial charge in [0.05, 0.1) is 6.04 Å². The Bertz CT molecular complexity index is 1210. The number of hydrogen-bond acceptors (Lipinski definition) is 7. The lowest BCUT2D eigenvalue weighted by Crippen LogP contribution is -2.58. The summed E-state index contributed by atoms with van der Waals surface area (Å²) in [6.07, 6.45) is -1.40. The SMILES string of the molecule is NC(CCC(=O)O)C(=O)NC(Cc1ccccc1)C(=O)NC(Cc1ccccc1)C(=O)NC(CCC(=O)O)C(=O)O. The average molecular weight is 571 g/mol. The molecule has 0 bridgehead atoms. The van der Waals surface area contributed by atoms with Crippen LogP contribution in [0.3, 0.4) is 0 Å². The third-order valence-electron chi connectivity index (χ3n) is 6.10. The molecular weight excluding hydrogens is 536 g/mol. The number of carboxylic acid groups (broad SMARTS) is 3. The predicted molar refractivity (Wildman–Crippen MR) is 145 cm³/mol. The van der Waals surface area contributed by atoms with E-state index in [9.17, 15) is 33.9 Å². The molecule has 0 fully saturated rings. The Morgan fingerprint density at radius 1 is 0.585 bits per heavy atom. The maximum Gasteiger partial charge on any atom is 0.326 e. The van der Waals surface area contributed by atoms with Crippen molar-refractivity contribution in [3.63, 3.8) is 0 Å². The van der Waals surface area contributed by atoms with Gasteiger partial charge in [-0.15, -0.1) is 0 Å². The Morgan fingerprint density at radius 2 is 0.976 bits per heavy atom. The third-order valence-corrected chi connectivity index (χ3v) is 6.10. The summed E-state index contributed by atoms with van der Waals surface area (Å²) in [4.78, 5) is 72.9. The standard InChI is InChI=1S/C28H34N4O9/c29-19(11-13-23(33)34)25(37)31-21(15-17-7-3-1-4-8-17)27(39)32-22(16-18-9-5-2-6-10-18)26(38)30-20(28(40)41)12-14-24(35)36/h1-10,19-22H,11-16,29H2,(H,30,38)(H,31,37)(H,32,39)(H,33,34)(H,35,36)(H,40,41). The molecule has 4 atom stereocenters. The molecule has 2 aromatic carbocycles. The van der Waals surface area contributed by atoms with Gasteiger partial charge in [-0.1, -0.05) is 60.7 Å². The molecule has 0 saturated carbocycles. The molecule has 3 amide bonds. The molecule has 13 heteroatoms. The summed E-state index contributed by atoms with van der Waals surface area (Å²) in [5, 5.41) is 34.7. The number of hydrogen-bond donors (Lipinski definition) is 7. The third kappa shape index (κ3) is 11.9. The highest BCUT2D eigenvalue weighted by Crippen LogP contribution is 2.09. The highest BCUT2D eigenvalue weighted by atomic mass is 16.4. The number of aliphatic carboxylic acids is 3. The molecule has 4 unspecified atom stereocenters. The van der Waals surface area contributed by atoms with Crippen LogP contribution < -0.4 is 21.7 Å². The maximum absolute atomic E-state index is 13.5. The Morgan fingerprint density at radius 3 is 1.39 bits per heavy atom. The monoisotopic (exact) mass is 570 g/mol. The summed E-state index contributed by atoms with van der Waals surface area (Å²) >= 11 is 0. The van der Waals surface area contributed by atoms with E-state index in [-0.39, 0.29) is 32.1 Å². The maximum atomic E-state index is 13.5. The fourth-order valence-electron chi connectivity index (χ4n) is 3.88. The first-order chi connectivity index (χ1) is 19.5. The van der Waals surface area contributed by atoms with Crippen LogP contribution in [0.1, 0.15) is 36.8 Å². The van der Waals surface area contributed by atoms with Crippen LogP contribution in [0.4, 0.5) is 0 Å². The van der Waals surface area contributed by atoms with Gasteiger partial charge in [0.25, 0.3) is 0 Å². The van der Waals surface area contributed by atoms with Crippen LogP contribution in [0.25, 0.3) is 0 Å². The molecule has 13 nitrogen and oxygen atoms in total. The van der Waals surface area contributed by atoms with Crippen LogP contribution in [-0.4, -0.2) is 75.1 Å².